The third-order valence-electron chi connectivity index (χ3n) is 3.89. The van der Waals surface area contributed by atoms with Gasteiger partial charge in [-0.25, -0.2) is 0 Å². The molecule has 5 nitrogen and oxygen atoms in total. The third-order valence-corrected chi connectivity index (χ3v) is 4.51. The summed E-state index contributed by atoms with van der Waals surface area (Å²) in [5.41, 5.74) is 2.43. The molecule has 1 saturated heterocycles. The lowest BCUT2D eigenvalue weighted by Crippen LogP contribution is -2.36. The highest BCUT2D eigenvalue weighted by atomic mass is 79.9. The van der Waals surface area contributed by atoms with E-state index in [9.17, 15) is 4.79 Å². The van der Waals surface area contributed by atoms with Crippen LogP contribution in [-0.4, -0.2) is 39.3 Å². The number of nitrogens with zero attached hydrogens (tertiary/aromatic N) is 1. The molecule has 0 spiro atoms. The van der Waals surface area contributed by atoms with Gasteiger partial charge < -0.3 is 19.7 Å². The zero-order chi connectivity index (χ0) is 16.9. The molecule has 3 rings (SSSR count). The van der Waals surface area contributed by atoms with Gasteiger partial charge in [-0.1, -0.05) is 6.07 Å². The summed E-state index contributed by atoms with van der Waals surface area (Å²) in [6.45, 7) is 3.19. The number of rotatable bonds is 4. The van der Waals surface area contributed by atoms with Crippen LogP contribution in [0.1, 0.15) is 10.4 Å². The second kappa shape index (κ2) is 7.68. The Labute approximate surface area is 149 Å². The predicted octanol–water partition coefficient (Wildman–Crippen LogP) is 3.55. The zero-order valence-corrected chi connectivity index (χ0v) is 15.0. The number of hydrogen-bond acceptors (Lipinski definition) is 4. The van der Waals surface area contributed by atoms with Gasteiger partial charge in [0.25, 0.3) is 5.91 Å². The third kappa shape index (κ3) is 3.88. The average molecular weight is 391 g/mol. The maximum absolute atomic E-state index is 12.4. The number of carbonyl (C=O) groups excluding carboxylic acids is 1. The molecule has 126 valence electrons. The van der Waals surface area contributed by atoms with E-state index < -0.39 is 0 Å². The van der Waals surface area contributed by atoms with Crippen LogP contribution >= 0.6 is 15.9 Å². The first-order chi connectivity index (χ1) is 11.7. The molecule has 2 aromatic carbocycles. The highest BCUT2D eigenvalue weighted by molar-refractivity contribution is 9.10. The van der Waals surface area contributed by atoms with E-state index >= 15 is 0 Å². The molecule has 1 heterocycles. The maximum atomic E-state index is 12.4. The number of morpholine rings is 1. The van der Waals surface area contributed by atoms with E-state index in [1.54, 1.807) is 25.3 Å². The number of nitrogens with one attached hydrogen (secondary N) is 1. The molecule has 1 aliphatic heterocycles. The Morgan fingerprint density at radius 2 is 2.00 bits per heavy atom. The molecule has 0 unspecified atom stereocenters. The van der Waals surface area contributed by atoms with Crippen molar-refractivity contribution < 1.29 is 14.3 Å². The van der Waals surface area contributed by atoms with E-state index in [0.717, 1.165) is 42.2 Å². The number of carbonyl (C=O) groups is 1. The molecule has 1 amide bonds. The first-order valence-corrected chi connectivity index (χ1v) is 8.54. The number of amides is 1. The second-order valence-electron chi connectivity index (χ2n) is 5.45. The van der Waals surface area contributed by atoms with Crippen molar-refractivity contribution >= 4 is 33.2 Å². The fourth-order valence-electron chi connectivity index (χ4n) is 2.61. The Morgan fingerprint density at radius 3 is 2.71 bits per heavy atom. The van der Waals surface area contributed by atoms with Gasteiger partial charge in [-0.2, -0.15) is 0 Å². The summed E-state index contributed by atoms with van der Waals surface area (Å²) in [6, 6.07) is 13.1. The van der Waals surface area contributed by atoms with Crippen LogP contribution in [-0.2, 0) is 4.74 Å². The van der Waals surface area contributed by atoms with Crippen molar-refractivity contribution in [1.82, 2.24) is 0 Å². The van der Waals surface area contributed by atoms with Crippen LogP contribution in [0.5, 0.6) is 5.75 Å². The summed E-state index contributed by atoms with van der Waals surface area (Å²) in [5, 5.41) is 2.94. The van der Waals surface area contributed by atoms with Crippen molar-refractivity contribution in [3.63, 3.8) is 0 Å². The molecule has 0 saturated carbocycles. The Hall–Kier alpha value is -2.05. The average Bonchev–Trinajstić information content (AvgIpc) is 2.62. The SMILES string of the molecule is COc1ccc(C(=O)Nc2cccc(N3CCOCC3)c2)cc1Br. The summed E-state index contributed by atoms with van der Waals surface area (Å²) in [7, 11) is 1.59. The number of benzene rings is 2. The number of methoxy groups -OCH3 is 1. The standard InChI is InChI=1S/C18H19BrN2O3/c1-23-17-6-5-13(11-16(17)19)18(22)20-14-3-2-4-15(12-14)21-7-9-24-10-8-21/h2-6,11-12H,7-10H2,1H3,(H,20,22). The van der Waals surface area contributed by atoms with Crippen molar-refractivity contribution in [3.05, 3.63) is 52.5 Å². The minimum atomic E-state index is -0.155. The number of halogens is 1. The quantitative estimate of drug-likeness (QED) is 0.866. The van der Waals surface area contributed by atoms with Crippen LogP contribution in [0.3, 0.4) is 0 Å². The molecule has 0 atom stereocenters. The monoisotopic (exact) mass is 390 g/mol. The lowest BCUT2D eigenvalue weighted by Gasteiger charge is -2.29. The molecule has 24 heavy (non-hydrogen) atoms. The van der Waals surface area contributed by atoms with Crippen LogP contribution in [0.25, 0.3) is 0 Å². The first-order valence-electron chi connectivity index (χ1n) is 7.75. The smallest absolute Gasteiger partial charge is 0.255 e. The summed E-state index contributed by atoms with van der Waals surface area (Å²) in [6.07, 6.45) is 0. The lowest BCUT2D eigenvalue weighted by molar-refractivity contribution is 0.102. The predicted molar refractivity (Wildman–Crippen MR) is 98.1 cm³/mol. The molecule has 1 N–H and O–H groups in total. The van der Waals surface area contributed by atoms with E-state index in [1.165, 1.54) is 0 Å². The van der Waals surface area contributed by atoms with E-state index in [1.807, 2.05) is 24.3 Å². The molecule has 2 aromatic rings. The molecule has 0 radical (unpaired) electrons. The highest BCUT2D eigenvalue weighted by Gasteiger charge is 2.13. The van der Waals surface area contributed by atoms with Crippen molar-refractivity contribution in [2.24, 2.45) is 0 Å². The summed E-state index contributed by atoms with van der Waals surface area (Å²) >= 11 is 3.40. The normalized spacial score (nSPS) is 14.3. The molecular formula is C18H19BrN2O3. The van der Waals surface area contributed by atoms with Crippen LogP contribution in [0.4, 0.5) is 11.4 Å². The molecule has 6 heteroatoms. The van der Waals surface area contributed by atoms with Gasteiger partial charge in [0.15, 0.2) is 0 Å². The van der Waals surface area contributed by atoms with Crippen molar-refractivity contribution in [1.29, 1.82) is 0 Å². The molecule has 0 bridgehead atoms. The second-order valence-corrected chi connectivity index (χ2v) is 6.31. The Balaban J connectivity index is 1.73. The number of anilines is 2. The van der Waals surface area contributed by atoms with Crippen molar-refractivity contribution in [2.45, 2.75) is 0 Å². The van der Waals surface area contributed by atoms with Crippen molar-refractivity contribution in [2.75, 3.05) is 43.6 Å². The molecule has 0 aromatic heterocycles. The summed E-state index contributed by atoms with van der Waals surface area (Å²) < 4.78 is 11.3. The fourth-order valence-corrected chi connectivity index (χ4v) is 3.15. The molecule has 1 aliphatic rings. The first kappa shape index (κ1) is 16.8. The summed E-state index contributed by atoms with van der Waals surface area (Å²) in [5.74, 6) is 0.540. The molecular weight excluding hydrogens is 372 g/mol. The van der Waals surface area contributed by atoms with E-state index in [2.05, 4.69) is 26.1 Å². The van der Waals surface area contributed by atoms with E-state index in [-0.39, 0.29) is 5.91 Å². The van der Waals surface area contributed by atoms with Crippen LogP contribution in [0.15, 0.2) is 46.9 Å². The van der Waals surface area contributed by atoms with Crippen molar-refractivity contribution in [3.8, 4) is 5.75 Å². The number of hydrogen-bond donors (Lipinski definition) is 1. The topological polar surface area (TPSA) is 50.8 Å². The Kier molecular flexibility index (Phi) is 5.37. The van der Waals surface area contributed by atoms with Gasteiger partial charge in [-0.15, -0.1) is 0 Å². The zero-order valence-electron chi connectivity index (χ0n) is 13.4. The van der Waals surface area contributed by atoms with Gasteiger partial charge in [-0.05, 0) is 52.3 Å². The highest BCUT2D eigenvalue weighted by Crippen LogP contribution is 2.26. The summed E-state index contributed by atoms with van der Waals surface area (Å²) in [4.78, 5) is 14.7. The largest absolute Gasteiger partial charge is 0.496 e. The van der Waals surface area contributed by atoms with Crippen LogP contribution in [0, 0.1) is 0 Å². The molecule has 0 aliphatic carbocycles. The minimum absolute atomic E-state index is 0.155. The van der Waals surface area contributed by atoms with Gasteiger partial charge in [-0.3, -0.25) is 4.79 Å². The Morgan fingerprint density at radius 1 is 1.21 bits per heavy atom. The van der Waals surface area contributed by atoms with Gasteiger partial charge in [0.1, 0.15) is 5.75 Å². The van der Waals surface area contributed by atoms with E-state index in [4.69, 9.17) is 9.47 Å². The van der Waals surface area contributed by atoms with Gasteiger partial charge in [0.05, 0.1) is 24.8 Å². The Bertz CT molecular complexity index is 730. The van der Waals surface area contributed by atoms with Gasteiger partial charge in [0, 0.05) is 30.0 Å². The van der Waals surface area contributed by atoms with E-state index in [0.29, 0.717) is 11.3 Å². The van der Waals surface area contributed by atoms with Gasteiger partial charge >= 0.3 is 0 Å². The maximum Gasteiger partial charge on any atom is 0.255 e. The minimum Gasteiger partial charge on any atom is -0.496 e. The van der Waals surface area contributed by atoms with Gasteiger partial charge in [0.2, 0.25) is 0 Å². The lowest BCUT2D eigenvalue weighted by atomic mass is 10.2. The number of ether oxygens (including phenoxy) is 2. The van der Waals surface area contributed by atoms with Crippen LogP contribution in [0.2, 0.25) is 0 Å². The fraction of sp³-hybridized carbons (Fsp3) is 0.278. The van der Waals surface area contributed by atoms with Crippen LogP contribution < -0.4 is 15.0 Å². The molecule has 1 fully saturated rings.